The number of thioether (sulfide) groups is 1. The minimum absolute atomic E-state index is 0.0976. The molecule has 4 rings (SSSR count). The van der Waals surface area contributed by atoms with E-state index in [-0.39, 0.29) is 26.5 Å². The van der Waals surface area contributed by atoms with E-state index in [1.54, 1.807) is 24.4 Å². The zero-order chi connectivity index (χ0) is 20.5. The van der Waals surface area contributed by atoms with Crippen molar-refractivity contribution in [3.8, 4) is 5.69 Å². The smallest absolute Gasteiger partial charge is 0.267 e. The third-order valence-corrected chi connectivity index (χ3v) is 6.33. The Morgan fingerprint density at radius 3 is 2.86 bits per heavy atom. The van der Waals surface area contributed by atoms with Gasteiger partial charge in [0.05, 0.1) is 22.2 Å². The predicted molar refractivity (Wildman–Crippen MR) is 108 cm³/mol. The van der Waals surface area contributed by atoms with Crippen LogP contribution in [0.4, 0.5) is 10.1 Å². The summed E-state index contributed by atoms with van der Waals surface area (Å²) in [6.45, 7) is 0. The first-order chi connectivity index (χ1) is 13.9. The number of halogens is 2. The summed E-state index contributed by atoms with van der Waals surface area (Å²) in [6, 6.07) is 8.72. The number of hydrogen-bond acceptors (Lipinski definition) is 8. The van der Waals surface area contributed by atoms with Crippen LogP contribution in [0.1, 0.15) is 5.69 Å². The molecule has 0 spiro atoms. The second-order valence-electron chi connectivity index (χ2n) is 5.74. The molecular weight excluding hydrogens is 441 g/mol. The first kappa shape index (κ1) is 19.4. The van der Waals surface area contributed by atoms with E-state index >= 15 is 0 Å². The normalized spacial score (nSPS) is 11.1. The van der Waals surface area contributed by atoms with Crippen molar-refractivity contribution in [2.75, 3.05) is 0 Å². The fourth-order valence-corrected chi connectivity index (χ4v) is 4.77. The van der Waals surface area contributed by atoms with Crippen LogP contribution in [-0.4, -0.2) is 24.9 Å². The number of nitro benzene ring substituents is 1. The summed E-state index contributed by atoms with van der Waals surface area (Å²) >= 11 is 8.08. The Hall–Kier alpha value is -2.89. The molecule has 0 unspecified atom stereocenters. The van der Waals surface area contributed by atoms with Crippen molar-refractivity contribution in [2.45, 2.75) is 10.1 Å². The van der Waals surface area contributed by atoms with Crippen LogP contribution < -0.4 is 5.56 Å². The summed E-state index contributed by atoms with van der Waals surface area (Å²) in [5.74, 6) is -0.137. The minimum atomic E-state index is -0.595. The number of aromatic nitrogens is 4. The first-order valence-corrected chi connectivity index (χ1v) is 10.2. The lowest BCUT2D eigenvalue weighted by Crippen LogP contribution is -2.06. The van der Waals surface area contributed by atoms with Gasteiger partial charge in [-0.3, -0.25) is 14.9 Å². The molecule has 8 nitrogen and oxygen atoms in total. The van der Waals surface area contributed by atoms with E-state index in [1.165, 1.54) is 34.6 Å². The van der Waals surface area contributed by atoms with Gasteiger partial charge in [-0.15, -0.1) is 16.4 Å². The van der Waals surface area contributed by atoms with Crippen LogP contribution in [0.3, 0.4) is 0 Å². The van der Waals surface area contributed by atoms with E-state index in [9.17, 15) is 19.3 Å². The van der Waals surface area contributed by atoms with Crippen molar-refractivity contribution < 1.29 is 9.31 Å². The van der Waals surface area contributed by atoms with Crippen molar-refractivity contribution >= 4 is 50.5 Å². The first-order valence-electron chi connectivity index (χ1n) is 8.00. The van der Waals surface area contributed by atoms with Crippen molar-refractivity contribution in [3.63, 3.8) is 0 Å². The molecule has 0 saturated carbocycles. The zero-order valence-corrected chi connectivity index (χ0v) is 16.7. The molecule has 0 atom stereocenters. The Kier molecular flexibility index (Phi) is 5.26. The number of rotatable bonds is 5. The molecule has 146 valence electrons. The molecule has 2 heterocycles. The lowest BCUT2D eigenvalue weighted by Gasteiger charge is -2.02. The summed E-state index contributed by atoms with van der Waals surface area (Å²) in [7, 11) is 0. The van der Waals surface area contributed by atoms with Gasteiger partial charge >= 0.3 is 0 Å². The SMILES string of the molecule is O=c1nc(SCc2cn(-c3ccccc3F)nn2)sc2c([N+](=O)[O-])cc(Cl)cc12. The standard InChI is InChI=1S/C17H9ClFN5O3S2/c18-9-5-11-15(14(6-9)24(26)27)29-17(20-16(11)25)28-8-10-7-23(22-21-10)13-4-2-1-3-12(13)19/h1-7H,8H2. The number of non-ortho nitro benzene ring substituents is 1. The minimum Gasteiger partial charge on any atom is -0.267 e. The number of fused-ring (bicyclic) bond motifs is 1. The van der Waals surface area contributed by atoms with Gasteiger partial charge < -0.3 is 0 Å². The largest absolute Gasteiger partial charge is 0.288 e. The van der Waals surface area contributed by atoms with Crippen LogP contribution in [0.25, 0.3) is 15.8 Å². The molecule has 2 aromatic heterocycles. The van der Waals surface area contributed by atoms with E-state index in [2.05, 4.69) is 15.3 Å². The highest BCUT2D eigenvalue weighted by Gasteiger charge is 2.18. The number of nitrogens with zero attached hydrogens (tertiary/aromatic N) is 5. The van der Waals surface area contributed by atoms with Gasteiger partial charge in [0.25, 0.3) is 11.2 Å². The molecule has 0 amide bonds. The average Bonchev–Trinajstić information content (AvgIpc) is 3.15. The second-order valence-corrected chi connectivity index (χ2v) is 8.40. The van der Waals surface area contributed by atoms with Crippen molar-refractivity contribution in [2.24, 2.45) is 0 Å². The highest BCUT2D eigenvalue weighted by Crippen LogP contribution is 2.35. The Labute approximate surface area is 175 Å². The van der Waals surface area contributed by atoms with Crippen LogP contribution in [0.2, 0.25) is 5.02 Å². The average molecular weight is 450 g/mol. The molecular formula is C17H9ClFN5O3S2. The number of para-hydroxylation sites is 1. The van der Waals surface area contributed by atoms with Crippen LogP contribution in [0, 0.1) is 15.9 Å². The lowest BCUT2D eigenvalue weighted by atomic mass is 10.2. The lowest BCUT2D eigenvalue weighted by molar-refractivity contribution is -0.382. The molecule has 0 radical (unpaired) electrons. The molecule has 12 heteroatoms. The number of benzene rings is 2. The van der Waals surface area contributed by atoms with Crippen LogP contribution in [0.5, 0.6) is 0 Å². The van der Waals surface area contributed by atoms with E-state index in [4.69, 9.17) is 11.6 Å². The summed E-state index contributed by atoms with van der Waals surface area (Å²) in [6.07, 6.45) is 1.57. The van der Waals surface area contributed by atoms with Gasteiger partial charge in [-0.25, -0.2) is 9.07 Å². The molecule has 0 saturated heterocycles. The predicted octanol–water partition coefficient (Wildman–Crippen LogP) is 4.23. The Morgan fingerprint density at radius 1 is 1.31 bits per heavy atom. The van der Waals surface area contributed by atoms with Crippen molar-refractivity contribution in [1.29, 1.82) is 0 Å². The fourth-order valence-electron chi connectivity index (χ4n) is 2.55. The van der Waals surface area contributed by atoms with Gasteiger partial charge in [0.2, 0.25) is 0 Å². The van der Waals surface area contributed by atoms with Crippen molar-refractivity contribution in [3.05, 3.63) is 79.6 Å². The molecule has 0 aliphatic heterocycles. The van der Waals surface area contributed by atoms with E-state index in [1.807, 2.05) is 0 Å². The monoisotopic (exact) mass is 449 g/mol. The highest BCUT2D eigenvalue weighted by molar-refractivity contribution is 8.00. The molecule has 2 aromatic carbocycles. The Morgan fingerprint density at radius 2 is 2.10 bits per heavy atom. The Bertz CT molecular complexity index is 1310. The van der Waals surface area contributed by atoms with Gasteiger partial charge in [-0.05, 0) is 18.2 Å². The van der Waals surface area contributed by atoms with Crippen LogP contribution >= 0.6 is 34.7 Å². The van der Waals surface area contributed by atoms with Gasteiger partial charge in [0.1, 0.15) is 16.2 Å². The Balaban J connectivity index is 1.62. The summed E-state index contributed by atoms with van der Waals surface area (Å²) in [5.41, 5.74) is -0.0474. The maximum Gasteiger partial charge on any atom is 0.288 e. The summed E-state index contributed by atoms with van der Waals surface area (Å²) in [5, 5.41) is 19.4. The zero-order valence-electron chi connectivity index (χ0n) is 14.3. The maximum absolute atomic E-state index is 13.9. The summed E-state index contributed by atoms with van der Waals surface area (Å²) in [4.78, 5) is 27.0. The van der Waals surface area contributed by atoms with Gasteiger partial charge in [-0.1, -0.05) is 40.7 Å². The number of hydrogen-bond donors (Lipinski definition) is 0. The third kappa shape index (κ3) is 3.97. The highest BCUT2D eigenvalue weighted by atomic mass is 35.5. The molecule has 0 N–H and O–H groups in total. The fraction of sp³-hybridized carbons (Fsp3) is 0.0588. The number of nitro groups is 1. The third-order valence-electron chi connectivity index (χ3n) is 3.83. The van der Waals surface area contributed by atoms with Crippen LogP contribution in [-0.2, 0) is 5.75 Å². The second kappa shape index (κ2) is 7.85. The van der Waals surface area contributed by atoms with Crippen molar-refractivity contribution in [1.82, 2.24) is 20.0 Å². The quantitative estimate of drug-likeness (QED) is 0.255. The maximum atomic E-state index is 13.9. The van der Waals surface area contributed by atoms with Crippen LogP contribution in [0.15, 0.2) is 51.7 Å². The summed E-state index contributed by atoms with van der Waals surface area (Å²) < 4.78 is 15.7. The van der Waals surface area contributed by atoms with Gasteiger partial charge in [-0.2, -0.15) is 4.98 Å². The molecule has 0 fully saturated rings. The van der Waals surface area contributed by atoms with E-state index in [0.29, 0.717) is 15.8 Å². The topological polar surface area (TPSA) is 104 Å². The molecule has 0 aliphatic carbocycles. The van der Waals surface area contributed by atoms with E-state index in [0.717, 1.165) is 11.3 Å². The van der Waals surface area contributed by atoms with Gasteiger partial charge in [0.15, 0.2) is 4.34 Å². The molecule has 29 heavy (non-hydrogen) atoms. The van der Waals surface area contributed by atoms with Gasteiger partial charge in [0, 0.05) is 16.8 Å². The molecule has 0 aliphatic rings. The molecule has 0 bridgehead atoms. The molecule has 4 aromatic rings. The van der Waals surface area contributed by atoms with E-state index < -0.39 is 16.3 Å².